The SMILES string of the molecule is N#Cc1ccc2c(ccn2Cc2cccnc2C#N)c1. The van der Waals surface area contributed by atoms with Crippen LogP contribution in [0.1, 0.15) is 16.8 Å². The average Bonchev–Trinajstić information content (AvgIpc) is 2.90. The van der Waals surface area contributed by atoms with Crippen molar-refractivity contribution in [2.24, 2.45) is 0 Å². The van der Waals surface area contributed by atoms with Crippen molar-refractivity contribution in [3.8, 4) is 12.1 Å². The Balaban J connectivity index is 2.04. The number of hydrogen-bond acceptors (Lipinski definition) is 3. The Morgan fingerprint density at radius 2 is 2.00 bits per heavy atom. The molecule has 0 spiro atoms. The van der Waals surface area contributed by atoms with Crippen LogP contribution in [0.5, 0.6) is 0 Å². The molecule has 4 heteroatoms. The molecule has 0 aliphatic heterocycles. The molecule has 20 heavy (non-hydrogen) atoms. The third-order valence-electron chi connectivity index (χ3n) is 3.24. The molecule has 0 amide bonds. The van der Waals surface area contributed by atoms with Crippen molar-refractivity contribution in [3.05, 3.63) is 65.6 Å². The molecule has 3 aromatic rings. The van der Waals surface area contributed by atoms with Crippen molar-refractivity contribution in [3.63, 3.8) is 0 Å². The van der Waals surface area contributed by atoms with Gasteiger partial charge in [-0.3, -0.25) is 0 Å². The Bertz CT molecular complexity index is 862. The summed E-state index contributed by atoms with van der Waals surface area (Å²) >= 11 is 0. The Morgan fingerprint density at radius 3 is 2.80 bits per heavy atom. The van der Waals surface area contributed by atoms with Gasteiger partial charge in [0.2, 0.25) is 0 Å². The minimum absolute atomic E-state index is 0.447. The van der Waals surface area contributed by atoms with Gasteiger partial charge in [0, 0.05) is 28.9 Å². The van der Waals surface area contributed by atoms with Crippen LogP contribution < -0.4 is 0 Å². The number of pyridine rings is 1. The first-order chi connectivity index (χ1) is 9.81. The molecule has 94 valence electrons. The van der Waals surface area contributed by atoms with Crippen LogP contribution in [0.25, 0.3) is 10.9 Å². The lowest BCUT2D eigenvalue weighted by molar-refractivity contribution is 0.828. The van der Waals surface area contributed by atoms with Crippen LogP contribution >= 0.6 is 0 Å². The number of nitrogens with zero attached hydrogens (tertiary/aromatic N) is 4. The van der Waals surface area contributed by atoms with E-state index >= 15 is 0 Å². The van der Waals surface area contributed by atoms with Gasteiger partial charge < -0.3 is 4.57 Å². The smallest absolute Gasteiger partial charge is 0.145 e. The maximum absolute atomic E-state index is 9.07. The minimum atomic E-state index is 0.447. The average molecular weight is 258 g/mol. The van der Waals surface area contributed by atoms with Crippen molar-refractivity contribution in [2.45, 2.75) is 6.54 Å². The Morgan fingerprint density at radius 1 is 1.10 bits per heavy atom. The zero-order chi connectivity index (χ0) is 13.9. The maximum atomic E-state index is 9.07. The van der Waals surface area contributed by atoms with Gasteiger partial charge in [-0.15, -0.1) is 0 Å². The summed E-state index contributed by atoms with van der Waals surface area (Å²) in [7, 11) is 0. The molecule has 0 fully saturated rings. The van der Waals surface area contributed by atoms with Crippen molar-refractivity contribution in [1.82, 2.24) is 9.55 Å². The van der Waals surface area contributed by atoms with E-state index in [1.807, 2.05) is 41.1 Å². The van der Waals surface area contributed by atoms with Crippen LogP contribution in [0.4, 0.5) is 0 Å². The van der Waals surface area contributed by atoms with E-state index < -0.39 is 0 Å². The van der Waals surface area contributed by atoms with E-state index in [4.69, 9.17) is 10.5 Å². The highest BCUT2D eigenvalue weighted by Crippen LogP contribution is 2.19. The van der Waals surface area contributed by atoms with Crippen LogP contribution in [0, 0.1) is 22.7 Å². The second kappa shape index (κ2) is 4.87. The molecule has 0 saturated carbocycles. The van der Waals surface area contributed by atoms with Crippen molar-refractivity contribution in [1.29, 1.82) is 10.5 Å². The lowest BCUT2D eigenvalue weighted by Crippen LogP contribution is -2.01. The van der Waals surface area contributed by atoms with Crippen molar-refractivity contribution in [2.75, 3.05) is 0 Å². The van der Waals surface area contributed by atoms with Crippen LogP contribution in [0.2, 0.25) is 0 Å². The first-order valence-corrected chi connectivity index (χ1v) is 6.15. The van der Waals surface area contributed by atoms with E-state index in [0.29, 0.717) is 17.8 Å². The zero-order valence-corrected chi connectivity index (χ0v) is 10.6. The molecule has 2 aromatic heterocycles. The maximum Gasteiger partial charge on any atom is 0.145 e. The number of fused-ring (bicyclic) bond motifs is 1. The van der Waals surface area contributed by atoms with E-state index in [1.165, 1.54) is 0 Å². The number of nitriles is 2. The van der Waals surface area contributed by atoms with E-state index in [-0.39, 0.29) is 0 Å². The van der Waals surface area contributed by atoms with Gasteiger partial charge in [-0.05, 0) is 30.3 Å². The molecular formula is C16H10N4. The van der Waals surface area contributed by atoms with E-state index in [1.54, 1.807) is 12.3 Å². The minimum Gasteiger partial charge on any atom is -0.343 e. The summed E-state index contributed by atoms with van der Waals surface area (Å²) in [4.78, 5) is 4.07. The fourth-order valence-corrected chi connectivity index (χ4v) is 2.26. The van der Waals surface area contributed by atoms with Crippen molar-refractivity contribution < 1.29 is 0 Å². The van der Waals surface area contributed by atoms with E-state index in [9.17, 15) is 0 Å². The van der Waals surface area contributed by atoms with Crippen LogP contribution in [0.3, 0.4) is 0 Å². The molecule has 2 heterocycles. The largest absolute Gasteiger partial charge is 0.343 e. The lowest BCUT2D eigenvalue weighted by Gasteiger charge is -2.06. The molecule has 0 aliphatic rings. The van der Waals surface area contributed by atoms with E-state index in [0.717, 1.165) is 16.5 Å². The second-order valence-corrected chi connectivity index (χ2v) is 4.45. The van der Waals surface area contributed by atoms with Crippen LogP contribution in [0.15, 0.2) is 48.8 Å². The molecule has 0 N–H and O–H groups in total. The monoisotopic (exact) mass is 258 g/mol. The third-order valence-corrected chi connectivity index (χ3v) is 3.24. The summed E-state index contributed by atoms with van der Waals surface area (Å²) in [5.41, 5.74) is 3.02. The van der Waals surface area contributed by atoms with Crippen molar-refractivity contribution >= 4 is 10.9 Å². The van der Waals surface area contributed by atoms with Gasteiger partial charge in [0.25, 0.3) is 0 Å². The Hall–Kier alpha value is -3.11. The predicted molar refractivity (Wildman–Crippen MR) is 74.7 cm³/mol. The molecule has 1 aromatic carbocycles. The molecule has 0 radical (unpaired) electrons. The summed E-state index contributed by atoms with van der Waals surface area (Å²) < 4.78 is 2.05. The third kappa shape index (κ3) is 2.00. The molecule has 0 saturated heterocycles. The lowest BCUT2D eigenvalue weighted by atomic mass is 10.1. The number of hydrogen-bond donors (Lipinski definition) is 0. The fraction of sp³-hybridized carbons (Fsp3) is 0.0625. The first kappa shape index (κ1) is 12.0. The fourth-order valence-electron chi connectivity index (χ4n) is 2.26. The molecule has 0 atom stereocenters. The topological polar surface area (TPSA) is 65.4 Å². The molecule has 0 bridgehead atoms. The zero-order valence-electron chi connectivity index (χ0n) is 10.6. The first-order valence-electron chi connectivity index (χ1n) is 6.15. The van der Waals surface area contributed by atoms with Gasteiger partial charge in [-0.2, -0.15) is 10.5 Å². The molecular weight excluding hydrogens is 248 g/mol. The van der Waals surface area contributed by atoms with E-state index in [2.05, 4.69) is 17.1 Å². The quantitative estimate of drug-likeness (QED) is 0.709. The number of rotatable bonds is 2. The predicted octanol–water partition coefficient (Wildman–Crippen LogP) is 2.83. The van der Waals surface area contributed by atoms with Gasteiger partial charge in [-0.1, -0.05) is 6.07 Å². The molecule has 3 rings (SSSR count). The highest BCUT2D eigenvalue weighted by atomic mass is 15.0. The van der Waals surface area contributed by atoms with Gasteiger partial charge in [0.15, 0.2) is 0 Å². The summed E-state index contributed by atoms with van der Waals surface area (Å²) in [5.74, 6) is 0. The molecule has 0 unspecified atom stereocenters. The van der Waals surface area contributed by atoms with Gasteiger partial charge in [-0.25, -0.2) is 4.98 Å². The summed E-state index contributed by atoms with van der Waals surface area (Å²) in [5, 5.41) is 19.0. The Labute approximate surface area is 116 Å². The number of aromatic nitrogens is 2. The summed E-state index contributed by atoms with van der Waals surface area (Å²) in [6, 6.07) is 15.5. The summed E-state index contributed by atoms with van der Waals surface area (Å²) in [6.07, 6.45) is 3.58. The highest BCUT2D eigenvalue weighted by Gasteiger charge is 2.06. The molecule has 4 nitrogen and oxygen atoms in total. The molecule has 0 aliphatic carbocycles. The van der Waals surface area contributed by atoms with Crippen LogP contribution in [-0.2, 0) is 6.54 Å². The summed E-state index contributed by atoms with van der Waals surface area (Å²) in [6.45, 7) is 0.589. The van der Waals surface area contributed by atoms with Gasteiger partial charge in [0.05, 0.1) is 18.2 Å². The highest BCUT2D eigenvalue weighted by molar-refractivity contribution is 5.81. The normalized spacial score (nSPS) is 10.1. The van der Waals surface area contributed by atoms with Gasteiger partial charge >= 0.3 is 0 Å². The standard InChI is InChI=1S/C16H10N4/c17-9-12-3-4-16-13(8-12)5-7-20(16)11-14-2-1-6-19-15(14)10-18/h1-8H,11H2. The second-order valence-electron chi connectivity index (χ2n) is 4.45. The van der Waals surface area contributed by atoms with Gasteiger partial charge in [0.1, 0.15) is 11.8 Å². The number of benzene rings is 1. The van der Waals surface area contributed by atoms with Crippen LogP contribution in [-0.4, -0.2) is 9.55 Å². The Kier molecular flexibility index (Phi) is 2.91.